The number of alkyl carbamates (subject to hydrolysis) is 1. The van der Waals surface area contributed by atoms with Gasteiger partial charge < -0.3 is 15.4 Å². The summed E-state index contributed by atoms with van der Waals surface area (Å²) in [6.07, 6.45) is 3.51. The first kappa shape index (κ1) is 15.3. The molecule has 2 atom stereocenters. The predicted octanol–water partition coefficient (Wildman–Crippen LogP) is 2.68. The topological polar surface area (TPSA) is 50.4 Å². The minimum atomic E-state index is -0.433. The molecule has 18 heavy (non-hydrogen) atoms. The highest BCUT2D eigenvalue weighted by molar-refractivity contribution is 5.68. The van der Waals surface area contributed by atoms with Gasteiger partial charge in [-0.15, -0.1) is 0 Å². The van der Waals surface area contributed by atoms with Gasteiger partial charge in [0.2, 0.25) is 0 Å². The van der Waals surface area contributed by atoms with Gasteiger partial charge in [-0.1, -0.05) is 6.92 Å². The number of amides is 1. The number of carbonyl (C=O) groups is 1. The van der Waals surface area contributed by atoms with Gasteiger partial charge in [0, 0.05) is 18.6 Å². The van der Waals surface area contributed by atoms with E-state index >= 15 is 0 Å². The van der Waals surface area contributed by atoms with E-state index in [9.17, 15) is 4.79 Å². The average Bonchev–Trinajstić information content (AvgIpc) is 2.99. The lowest BCUT2D eigenvalue weighted by Gasteiger charge is -2.23. The Morgan fingerprint density at radius 3 is 2.44 bits per heavy atom. The van der Waals surface area contributed by atoms with Crippen molar-refractivity contribution in [3.8, 4) is 0 Å². The molecule has 1 amide bonds. The van der Waals surface area contributed by atoms with Crippen molar-refractivity contribution in [3.63, 3.8) is 0 Å². The van der Waals surface area contributed by atoms with Crippen LogP contribution in [0, 0.1) is 5.92 Å². The Labute approximate surface area is 111 Å². The monoisotopic (exact) mass is 256 g/mol. The summed E-state index contributed by atoms with van der Waals surface area (Å²) in [5.41, 5.74) is -0.433. The number of rotatable bonds is 6. The van der Waals surface area contributed by atoms with E-state index in [1.807, 2.05) is 27.7 Å². The van der Waals surface area contributed by atoms with E-state index in [1.165, 1.54) is 12.8 Å². The average molecular weight is 256 g/mol. The van der Waals surface area contributed by atoms with Gasteiger partial charge in [0.05, 0.1) is 0 Å². The third-order valence-electron chi connectivity index (χ3n) is 3.08. The molecule has 1 fully saturated rings. The van der Waals surface area contributed by atoms with Gasteiger partial charge in [-0.3, -0.25) is 0 Å². The van der Waals surface area contributed by atoms with Crippen molar-refractivity contribution in [2.75, 3.05) is 6.54 Å². The molecule has 2 N–H and O–H groups in total. The molecule has 4 nitrogen and oxygen atoms in total. The highest BCUT2D eigenvalue weighted by Gasteiger charge is 2.29. The fraction of sp³-hybridized carbons (Fsp3) is 0.929. The smallest absolute Gasteiger partial charge is 0.407 e. The van der Waals surface area contributed by atoms with Crippen molar-refractivity contribution in [2.24, 2.45) is 5.92 Å². The molecule has 0 radical (unpaired) electrons. The normalized spacial score (nSPS) is 19.2. The van der Waals surface area contributed by atoms with Gasteiger partial charge in [0.1, 0.15) is 5.60 Å². The SMILES string of the molecule is CCC(NCC(C)NC(=O)OC(C)(C)C)C1CC1. The summed E-state index contributed by atoms with van der Waals surface area (Å²) in [6.45, 7) is 10.6. The molecule has 1 saturated carbocycles. The third kappa shape index (κ3) is 6.24. The summed E-state index contributed by atoms with van der Waals surface area (Å²) in [5.74, 6) is 0.851. The molecule has 4 heteroatoms. The van der Waals surface area contributed by atoms with Crippen molar-refractivity contribution in [2.45, 2.75) is 71.6 Å². The van der Waals surface area contributed by atoms with Crippen molar-refractivity contribution in [1.29, 1.82) is 0 Å². The van der Waals surface area contributed by atoms with Crippen molar-refractivity contribution in [1.82, 2.24) is 10.6 Å². The van der Waals surface area contributed by atoms with Crippen LogP contribution in [-0.2, 0) is 4.74 Å². The van der Waals surface area contributed by atoms with E-state index < -0.39 is 5.60 Å². The van der Waals surface area contributed by atoms with Gasteiger partial charge in [-0.05, 0) is 52.9 Å². The summed E-state index contributed by atoms with van der Waals surface area (Å²) in [7, 11) is 0. The zero-order valence-electron chi connectivity index (χ0n) is 12.4. The molecule has 0 heterocycles. The fourth-order valence-corrected chi connectivity index (χ4v) is 2.03. The molecule has 0 aromatic heterocycles. The van der Waals surface area contributed by atoms with Crippen LogP contribution < -0.4 is 10.6 Å². The molecule has 0 saturated heterocycles. The number of carbonyl (C=O) groups excluding carboxylic acids is 1. The molecule has 106 valence electrons. The van der Waals surface area contributed by atoms with E-state index in [0.717, 1.165) is 18.9 Å². The van der Waals surface area contributed by atoms with Crippen LogP contribution in [0.1, 0.15) is 53.9 Å². The van der Waals surface area contributed by atoms with Crippen LogP contribution in [0.4, 0.5) is 4.79 Å². The van der Waals surface area contributed by atoms with Crippen molar-refractivity contribution in [3.05, 3.63) is 0 Å². The zero-order valence-corrected chi connectivity index (χ0v) is 12.4. The Balaban J connectivity index is 2.20. The second-order valence-electron chi connectivity index (χ2n) is 6.31. The number of hydrogen-bond donors (Lipinski definition) is 2. The van der Waals surface area contributed by atoms with Crippen LogP contribution in [-0.4, -0.2) is 30.3 Å². The van der Waals surface area contributed by atoms with Crippen LogP contribution in [0.5, 0.6) is 0 Å². The maximum absolute atomic E-state index is 11.6. The first-order valence-electron chi connectivity index (χ1n) is 7.04. The zero-order chi connectivity index (χ0) is 13.8. The lowest BCUT2D eigenvalue weighted by Crippen LogP contribution is -2.45. The largest absolute Gasteiger partial charge is 0.444 e. The maximum Gasteiger partial charge on any atom is 0.407 e. The fourth-order valence-electron chi connectivity index (χ4n) is 2.03. The minimum absolute atomic E-state index is 0.0904. The summed E-state index contributed by atoms with van der Waals surface area (Å²) >= 11 is 0. The Bertz CT molecular complexity index is 269. The van der Waals surface area contributed by atoms with Crippen molar-refractivity contribution < 1.29 is 9.53 Å². The second kappa shape index (κ2) is 6.41. The lowest BCUT2D eigenvalue weighted by molar-refractivity contribution is 0.0507. The van der Waals surface area contributed by atoms with Gasteiger partial charge in [0.15, 0.2) is 0 Å². The molecule has 1 aliphatic rings. The van der Waals surface area contributed by atoms with Gasteiger partial charge in [-0.2, -0.15) is 0 Å². The molecule has 0 aliphatic heterocycles. The molecule has 2 unspecified atom stereocenters. The van der Waals surface area contributed by atoms with E-state index in [0.29, 0.717) is 6.04 Å². The van der Waals surface area contributed by atoms with Crippen LogP contribution in [0.15, 0.2) is 0 Å². The second-order valence-corrected chi connectivity index (χ2v) is 6.31. The lowest BCUT2D eigenvalue weighted by atomic mass is 10.1. The molecular formula is C14H28N2O2. The van der Waals surface area contributed by atoms with Gasteiger partial charge in [0.25, 0.3) is 0 Å². The first-order chi connectivity index (χ1) is 8.31. The highest BCUT2D eigenvalue weighted by Crippen LogP contribution is 2.33. The van der Waals surface area contributed by atoms with E-state index in [1.54, 1.807) is 0 Å². The molecule has 1 rings (SSSR count). The molecule has 0 bridgehead atoms. The first-order valence-corrected chi connectivity index (χ1v) is 7.04. The van der Waals surface area contributed by atoms with Crippen LogP contribution in [0.2, 0.25) is 0 Å². The van der Waals surface area contributed by atoms with Crippen LogP contribution >= 0.6 is 0 Å². The van der Waals surface area contributed by atoms with Gasteiger partial charge >= 0.3 is 6.09 Å². The number of hydrogen-bond acceptors (Lipinski definition) is 3. The summed E-state index contributed by atoms with van der Waals surface area (Å²) in [4.78, 5) is 11.6. The van der Waals surface area contributed by atoms with E-state index in [4.69, 9.17) is 4.74 Å². The van der Waals surface area contributed by atoms with Crippen LogP contribution in [0.3, 0.4) is 0 Å². The Hall–Kier alpha value is -0.770. The van der Waals surface area contributed by atoms with E-state index in [-0.39, 0.29) is 12.1 Å². The summed E-state index contributed by atoms with van der Waals surface area (Å²) in [6, 6.07) is 0.695. The van der Waals surface area contributed by atoms with E-state index in [2.05, 4.69) is 17.6 Å². The highest BCUT2D eigenvalue weighted by atomic mass is 16.6. The number of ether oxygens (including phenoxy) is 1. The Morgan fingerprint density at radius 1 is 1.39 bits per heavy atom. The molecular weight excluding hydrogens is 228 g/mol. The third-order valence-corrected chi connectivity index (χ3v) is 3.08. The predicted molar refractivity (Wildman–Crippen MR) is 73.6 cm³/mol. The summed E-state index contributed by atoms with van der Waals surface area (Å²) < 4.78 is 5.22. The Kier molecular flexibility index (Phi) is 5.45. The molecule has 1 aliphatic carbocycles. The molecule has 0 aromatic carbocycles. The minimum Gasteiger partial charge on any atom is -0.444 e. The Morgan fingerprint density at radius 2 is 2.00 bits per heavy atom. The standard InChI is InChI=1S/C14H28N2O2/c1-6-12(11-7-8-11)15-9-10(2)16-13(17)18-14(3,4)5/h10-12,15H,6-9H2,1-5H3,(H,16,17). The van der Waals surface area contributed by atoms with Gasteiger partial charge in [-0.25, -0.2) is 4.79 Å². The van der Waals surface area contributed by atoms with Crippen molar-refractivity contribution >= 4 is 6.09 Å². The quantitative estimate of drug-likeness (QED) is 0.768. The summed E-state index contributed by atoms with van der Waals surface area (Å²) in [5, 5.41) is 6.38. The van der Waals surface area contributed by atoms with Crippen LogP contribution in [0.25, 0.3) is 0 Å². The maximum atomic E-state index is 11.6. The molecule has 0 spiro atoms. The molecule has 0 aromatic rings. The number of nitrogens with one attached hydrogen (secondary N) is 2.